The number of thiophene rings is 2. The summed E-state index contributed by atoms with van der Waals surface area (Å²) >= 11 is 32.2. The van der Waals surface area contributed by atoms with Crippen molar-refractivity contribution in [2.45, 2.75) is 24.4 Å². The van der Waals surface area contributed by atoms with Crippen LogP contribution in [0.25, 0.3) is 22.3 Å². The minimum absolute atomic E-state index is 0.0160. The largest absolute Gasteiger partial charge is 0.478 e. The molecule has 0 aliphatic heterocycles. The fourth-order valence-electron chi connectivity index (χ4n) is 5.29. The summed E-state index contributed by atoms with van der Waals surface area (Å²) in [6.45, 7) is 0. The number of hydrogen-bond donors (Lipinski definition) is 4. The lowest BCUT2D eigenvalue weighted by atomic mass is 10.0. The number of nitrogens with one attached hydrogen (secondary N) is 2. The van der Waals surface area contributed by atoms with Crippen molar-refractivity contribution in [3.8, 4) is 22.3 Å². The lowest BCUT2D eigenvalue weighted by molar-refractivity contribution is -0.120. The Hall–Kier alpha value is -4.46. The first-order valence-electron chi connectivity index (χ1n) is 16.3. The molecule has 4 N–H and O–H groups in total. The number of aromatic carboxylic acids is 2. The fourth-order valence-corrected chi connectivity index (χ4v) is 8.12. The van der Waals surface area contributed by atoms with Crippen molar-refractivity contribution in [3.05, 3.63) is 150 Å². The van der Waals surface area contributed by atoms with Crippen molar-refractivity contribution in [1.29, 1.82) is 0 Å². The highest BCUT2D eigenvalue weighted by molar-refractivity contribution is 7.15. The van der Waals surface area contributed by atoms with Crippen LogP contribution in [0, 0.1) is 0 Å². The summed E-state index contributed by atoms with van der Waals surface area (Å²) in [6.07, 6.45) is -1.85. The quantitative estimate of drug-likeness (QED) is 0.0905. The Morgan fingerprint density at radius 1 is 0.589 bits per heavy atom. The Morgan fingerprint density at radius 2 is 0.982 bits per heavy atom. The van der Waals surface area contributed by atoms with E-state index in [1.807, 2.05) is 6.07 Å². The molecule has 0 saturated carbocycles. The van der Waals surface area contributed by atoms with Gasteiger partial charge in [-0.2, -0.15) is 0 Å². The predicted octanol–water partition coefficient (Wildman–Crippen LogP) is 12.1. The van der Waals surface area contributed by atoms with Gasteiger partial charge < -0.3 is 20.8 Å². The lowest BCUT2D eigenvalue weighted by Crippen LogP contribution is -2.26. The maximum atomic E-state index is 14.4. The van der Waals surface area contributed by atoms with Gasteiger partial charge in [0.1, 0.15) is 26.5 Å². The molecule has 2 aromatic heterocycles. The zero-order valence-electron chi connectivity index (χ0n) is 28.6. The molecule has 2 heterocycles. The standard InChI is InChI=1S/C20H14Cl3NO3S.C20H14Cl2FNO3S/c2*21-13-7-5-11(6-8-13)14-10-28-19(17(14)20(26)27)24-18(25)16(23)9-12-3-1-2-4-15(12)22/h2*1-8,10,16H,9H2,(H,24,25)(H,26,27). The number of benzene rings is 4. The van der Waals surface area contributed by atoms with Crippen LogP contribution in [-0.2, 0) is 22.4 Å². The predicted molar refractivity (Wildman–Crippen MR) is 226 cm³/mol. The number of carboxylic acids is 2. The van der Waals surface area contributed by atoms with Gasteiger partial charge >= 0.3 is 11.9 Å². The van der Waals surface area contributed by atoms with Gasteiger partial charge in [-0.15, -0.1) is 34.3 Å². The Kier molecular flexibility index (Phi) is 14.9. The van der Waals surface area contributed by atoms with E-state index in [4.69, 9.17) is 58.0 Å². The summed E-state index contributed by atoms with van der Waals surface area (Å²) in [5, 5.41) is 28.9. The fraction of sp³-hybridized carbons (Fsp3) is 0.100. The molecular weight excluding hydrogens is 865 g/mol. The van der Waals surface area contributed by atoms with Crippen molar-refractivity contribution in [2.75, 3.05) is 10.6 Å². The average molecular weight is 893 g/mol. The first-order chi connectivity index (χ1) is 26.7. The highest BCUT2D eigenvalue weighted by atomic mass is 35.5. The van der Waals surface area contributed by atoms with Gasteiger partial charge in [-0.05, 0) is 65.1 Å². The molecule has 6 aromatic rings. The second-order valence-corrected chi connectivity index (χ2v) is 15.8. The molecule has 0 bridgehead atoms. The number of carbonyl (C=O) groups excluding carboxylic acids is 2. The first kappa shape index (κ1) is 42.7. The number of amides is 2. The van der Waals surface area contributed by atoms with Crippen molar-refractivity contribution in [1.82, 2.24) is 0 Å². The van der Waals surface area contributed by atoms with Crippen molar-refractivity contribution in [3.63, 3.8) is 0 Å². The second kappa shape index (κ2) is 19.6. The van der Waals surface area contributed by atoms with Crippen LogP contribution < -0.4 is 10.6 Å². The number of carboxylic acid groups (broad SMARTS) is 2. The molecule has 0 spiro atoms. The maximum absolute atomic E-state index is 14.4. The second-order valence-electron chi connectivity index (χ2n) is 11.8. The molecule has 4 aromatic carbocycles. The zero-order chi connectivity index (χ0) is 40.5. The van der Waals surface area contributed by atoms with E-state index in [0.29, 0.717) is 47.9 Å². The molecule has 16 heteroatoms. The molecule has 0 saturated heterocycles. The van der Waals surface area contributed by atoms with Crippen LogP contribution >= 0.6 is 80.7 Å². The normalized spacial score (nSPS) is 11.8. The van der Waals surface area contributed by atoms with Gasteiger partial charge in [0.05, 0.1) is 0 Å². The molecule has 0 aliphatic rings. The van der Waals surface area contributed by atoms with Gasteiger partial charge in [-0.3, -0.25) is 9.59 Å². The summed E-state index contributed by atoms with van der Waals surface area (Å²) in [6, 6.07) is 27.2. The third kappa shape index (κ3) is 10.9. The number of alkyl halides is 2. The topological polar surface area (TPSA) is 133 Å². The van der Waals surface area contributed by atoms with Crippen molar-refractivity contribution >= 4 is 114 Å². The summed E-state index contributed by atoms with van der Waals surface area (Å²) in [5.74, 6) is -3.78. The number of halogens is 6. The van der Waals surface area contributed by atoms with Crippen LogP contribution in [0.1, 0.15) is 31.8 Å². The summed E-state index contributed by atoms with van der Waals surface area (Å²) in [7, 11) is 0. The molecular formula is C40H28Cl5FN2O6S2. The van der Waals surface area contributed by atoms with Crippen molar-refractivity contribution < 1.29 is 33.8 Å². The average Bonchev–Trinajstić information content (AvgIpc) is 3.79. The molecule has 56 heavy (non-hydrogen) atoms. The molecule has 2 atom stereocenters. The number of anilines is 2. The SMILES string of the molecule is O=C(O)c1c(-c2ccc(Cl)cc2)csc1NC(=O)C(Cl)Cc1ccccc1Cl.O=C(O)c1c(-c2ccc(Cl)cc2)csc1NC(=O)C(F)Cc1ccccc1Cl. The zero-order valence-corrected chi connectivity index (χ0v) is 34.0. The maximum Gasteiger partial charge on any atom is 0.339 e. The summed E-state index contributed by atoms with van der Waals surface area (Å²) in [4.78, 5) is 48.3. The van der Waals surface area contributed by atoms with Crippen LogP contribution in [0.4, 0.5) is 14.4 Å². The van der Waals surface area contributed by atoms with Crippen molar-refractivity contribution in [2.24, 2.45) is 0 Å². The van der Waals surface area contributed by atoms with Gasteiger partial charge in [0.25, 0.3) is 5.91 Å². The van der Waals surface area contributed by atoms with E-state index >= 15 is 0 Å². The van der Waals surface area contributed by atoms with Gasteiger partial charge in [0, 0.05) is 48.4 Å². The van der Waals surface area contributed by atoms with Crippen LogP contribution in [-0.4, -0.2) is 45.5 Å². The van der Waals surface area contributed by atoms with Gasteiger partial charge in [0.2, 0.25) is 5.91 Å². The minimum Gasteiger partial charge on any atom is -0.478 e. The third-order valence-electron chi connectivity index (χ3n) is 8.08. The first-order valence-corrected chi connectivity index (χ1v) is 20.0. The van der Waals surface area contributed by atoms with E-state index < -0.39 is 35.3 Å². The van der Waals surface area contributed by atoms with E-state index in [2.05, 4.69) is 10.6 Å². The third-order valence-corrected chi connectivity index (χ3v) is 11.5. The van der Waals surface area contributed by atoms with Gasteiger partial charge in [-0.25, -0.2) is 14.0 Å². The van der Waals surface area contributed by atoms with Crippen LogP contribution in [0.3, 0.4) is 0 Å². The molecule has 2 amide bonds. The molecule has 0 radical (unpaired) electrons. The molecule has 0 fully saturated rings. The lowest BCUT2D eigenvalue weighted by Gasteiger charge is -2.11. The Bertz CT molecular complexity index is 2200. The Balaban J connectivity index is 0.000000214. The molecule has 2 unspecified atom stereocenters. The summed E-state index contributed by atoms with van der Waals surface area (Å²) in [5.41, 5.74) is 3.41. The molecule has 288 valence electrons. The van der Waals surface area contributed by atoms with E-state index in [0.717, 1.165) is 28.2 Å². The molecule has 0 aliphatic carbocycles. The smallest absolute Gasteiger partial charge is 0.339 e. The highest BCUT2D eigenvalue weighted by Crippen LogP contribution is 2.38. The molecule has 6 rings (SSSR count). The highest BCUT2D eigenvalue weighted by Gasteiger charge is 2.26. The van der Waals surface area contributed by atoms with E-state index in [1.165, 1.54) is 0 Å². The van der Waals surface area contributed by atoms with Crippen LogP contribution in [0.5, 0.6) is 0 Å². The van der Waals surface area contributed by atoms with Gasteiger partial charge in [0.15, 0.2) is 6.17 Å². The number of hydrogen-bond acceptors (Lipinski definition) is 6. The Morgan fingerprint density at radius 3 is 1.39 bits per heavy atom. The molecule has 8 nitrogen and oxygen atoms in total. The Labute approximate surface area is 353 Å². The minimum atomic E-state index is -1.87. The van der Waals surface area contributed by atoms with Gasteiger partial charge in [-0.1, -0.05) is 107 Å². The summed E-state index contributed by atoms with van der Waals surface area (Å²) < 4.78 is 14.4. The van der Waals surface area contributed by atoms with Crippen LogP contribution in [0.2, 0.25) is 20.1 Å². The monoisotopic (exact) mass is 890 g/mol. The van der Waals surface area contributed by atoms with E-state index in [-0.39, 0.29) is 34.0 Å². The van der Waals surface area contributed by atoms with E-state index in [9.17, 15) is 33.8 Å². The number of carbonyl (C=O) groups is 4. The van der Waals surface area contributed by atoms with E-state index in [1.54, 1.807) is 102 Å². The number of rotatable bonds is 12. The van der Waals surface area contributed by atoms with Crippen LogP contribution in [0.15, 0.2) is 108 Å².